The van der Waals surface area contributed by atoms with Crippen molar-refractivity contribution in [1.29, 1.82) is 0 Å². The summed E-state index contributed by atoms with van der Waals surface area (Å²) in [6, 6.07) is 0. The first-order valence-electron chi connectivity index (χ1n) is 5.75. The van der Waals surface area contributed by atoms with E-state index < -0.39 is 0 Å². The van der Waals surface area contributed by atoms with Gasteiger partial charge >= 0.3 is 0 Å². The lowest BCUT2D eigenvalue weighted by atomic mass is 10.2. The second kappa shape index (κ2) is 9.44. The van der Waals surface area contributed by atoms with Crippen LogP contribution in [0.1, 0.15) is 52.4 Å². The van der Waals surface area contributed by atoms with Gasteiger partial charge < -0.3 is 16.2 Å². The van der Waals surface area contributed by atoms with Crippen LogP contribution in [-0.4, -0.2) is 0 Å². The van der Waals surface area contributed by atoms with Crippen molar-refractivity contribution in [2.75, 3.05) is 0 Å². The summed E-state index contributed by atoms with van der Waals surface area (Å²) in [4.78, 5) is 0. The molecule has 0 heterocycles. The normalized spacial score (nSPS) is 12.9. The fraction of sp³-hybridized carbons (Fsp3) is 0.667. The molecule has 3 nitrogen and oxygen atoms in total. The second-order valence-corrected chi connectivity index (χ2v) is 3.73. The van der Waals surface area contributed by atoms with Gasteiger partial charge in [0.1, 0.15) is 12.5 Å². The second-order valence-electron chi connectivity index (χ2n) is 3.73. The Hall–Kier alpha value is -1.12. The van der Waals surface area contributed by atoms with Crippen LogP contribution in [0.15, 0.2) is 23.9 Å². The maximum atomic E-state index is 5.71. The molecule has 0 unspecified atom stereocenters. The van der Waals surface area contributed by atoms with E-state index in [0.717, 1.165) is 49.9 Å². The van der Waals surface area contributed by atoms with Gasteiger partial charge in [0, 0.05) is 11.4 Å². The highest BCUT2D eigenvalue weighted by molar-refractivity contribution is 4.96. The van der Waals surface area contributed by atoms with Gasteiger partial charge in [-0.1, -0.05) is 26.7 Å². The molecule has 0 saturated heterocycles. The summed E-state index contributed by atoms with van der Waals surface area (Å²) in [6.45, 7) is 4.27. The molecule has 15 heavy (non-hydrogen) atoms. The Labute approximate surface area is 93.2 Å². The number of nitrogens with two attached hydrogens (primary N) is 2. The maximum Gasteiger partial charge on any atom is 0.109 e. The molecule has 0 aliphatic heterocycles. The summed E-state index contributed by atoms with van der Waals surface area (Å²) in [5, 5.41) is 0. The van der Waals surface area contributed by atoms with E-state index in [1.165, 1.54) is 0 Å². The molecule has 4 N–H and O–H groups in total. The molecule has 3 heteroatoms. The average molecular weight is 212 g/mol. The molecule has 88 valence electrons. The van der Waals surface area contributed by atoms with Gasteiger partial charge in [-0.2, -0.15) is 0 Å². The number of rotatable bonds is 8. The van der Waals surface area contributed by atoms with Crippen molar-refractivity contribution in [3.63, 3.8) is 0 Å². The van der Waals surface area contributed by atoms with Crippen molar-refractivity contribution in [3.8, 4) is 0 Å². The molecule has 0 aliphatic rings. The summed E-state index contributed by atoms with van der Waals surface area (Å²) in [5.41, 5.74) is 13.0. The zero-order valence-electron chi connectivity index (χ0n) is 9.96. The highest BCUT2D eigenvalue weighted by Gasteiger charge is 1.91. The van der Waals surface area contributed by atoms with E-state index in [1.807, 2.05) is 0 Å². The Morgan fingerprint density at radius 2 is 1.33 bits per heavy atom. The maximum absolute atomic E-state index is 5.71. The molecule has 0 radical (unpaired) electrons. The Bertz CT molecular complexity index is 188. The molecule has 0 spiro atoms. The molecular formula is C12H24N2O. The van der Waals surface area contributed by atoms with Crippen molar-refractivity contribution in [2.24, 2.45) is 11.5 Å². The van der Waals surface area contributed by atoms with Crippen LogP contribution in [0.5, 0.6) is 0 Å². The molecule has 0 aromatic rings. The average Bonchev–Trinajstić information content (AvgIpc) is 2.23. The van der Waals surface area contributed by atoms with Crippen molar-refractivity contribution < 1.29 is 4.74 Å². The van der Waals surface area contributed by atoms with E-state index in [4.69, 9.17) is 16.2 Å². The zero-order valence-corrected chi connectivity index (χ0v) is 9.96. The van der Waals surface area contributed by atoms with Crippen molar-refractivity contribution >= 4 is 0 Å². The molecule has 0 bridgehead atoms. The summed E-state index contributed by atoms with van der Waals surface area (Å²) in [7, 11) is 0. The van der Waals surface area contributed by atoms with Crippen LogP contribution in [0.4, 0.5) is 0 Å². The Kier molecular flexibility index (Phi) is 8.73. The van der Waals surface area contributed by atoms with Gasteiger partial charge in [0.15, 0.2) is 0 Å². The highest BCUT2D eigenvalue weighted by atomic mass is 16.5. The number of unbranched alkanes of at least 4 members (excludes halogenated alkanes) is 2. The molecular weight excluding hydrogens is 188 g/mol. The van der Waals surface area contributed by atoms with Crippen LogP contribution in [0.3, 0.4) is 0 Å². The van der Waals surface area contributed by atoms with Gasteiger partial charge in [-0.3, -0.25) is 0 Å². The monoisotopic (exact) mass is 212 g/mol. The Morgan fingerprint density at radius 1 is 0.933 bits per heavy atom. The predicted octanol–water partition coefficient (Wildman–Crippen LogP) is 2.98. The van der Waals surface area contributed by atoms with Crippen molar-refractivity contribution in [1.82, 2.24) is 0 Å². The zero-order chi connectivity index (χ0) is 11.5. The lowest BCUT2D eigenvalue weighted by Crippen LogP contribution is -1.99. The van der Waals surface area contributed by atoms with Crippen molar-refractivity contribution in [3.05, 3.63) is 23.9 Å². The van der Waals surface area contributed by atoms with Crippen LogP contribution < -0.4 is 11.5 Å². The third-order valence-corrected chi connectivity index (χ3v) is 2.08. The Morgan fingerprint density at radius 3 is 1.67 bits per heavy atom. The third-order valence-electron chi connectivity index (χ3n) is 2.08. The minimum absolute atomic E-state index is 0.774. The molecule has 0 aromatic heterocycles. The summed E-state index contributed by atoms with van der Waals surface area (Å²) >= 11 is 0. The SMILES string of the molecule is CCCCC(N)=COC=C(N)CCCC. The van der Waals surface area contributed by atoms with Crippen LogP contribution in [0, 0.1) is 0 Å². The van der Waals surface area contributed by atoms with Gasteiger partial charge in [-0.15, -0.1) is 0 Å². The van der Waals surface area contributed by atoms with Crippen LogP contribution in [-0.2, 0) is 4.74 Å². The largest absolute Gasteiger partial charge is 0.469 e. The summed E-state index contributed by atoms with van der Waals surface area (Å²) in [5.74, 6) is 0. The van der Waals surface area contributed by atoms with Crippen LogP contribution in [0.25, 0.3) is 0 Å². The fourth-order valence-corrected chi connectivity index (χ4v) is 1.09. The first-order chi connectivity index (χ1) is 7.20. The van der Waals surface area contributed by atoms with Crippen LogP contribution in [0.2, 0.25) is 0 Å². The lowest BCUT2D eigenvalue weighted by molar-refractivity contribution is 0.387. The molecule has 0 atom stereocenters. The van der Waals surface area contributed by atoms with Crippen molar-refractivity contribution in [2.45, 2.75) is 52.4 Å². The number of ether oxygens (including phenoxy) is 1. The molecule has 0 aromatic carbocycles. The smallest absolute Gasteiger partial charge is 0.109 e. The van der Waals surface area contributed by atoms with Gasteiger partial charge in [0.25, 0.3) is 0 Å². The third kappa shape index (κ3) is 9.19. The van der Waals surface area contributed by atoms with E-state index in [-0.39, 0.29) is 0 Å². The van der Waals surface area contributed by atoms with E-state index in [1.54, 1.807) is 12.5 Å². The topological polar surface area (TPSA) is 61.3 Å². The van der Waals surface area contributed by atoms with Crippen LogP contribution >= 0.6 is 0 Å². The predicted molar refractivity (Wildman–Crippen MR) is 64.7 cm³/mol. The summed E-state index contributed by atoms with van der Waals surface area (Å²) < 4.78 is 5.18. The quantitative estimate of drug-likeness (QED) is 0.608. The highest BCUT2D eigenvalue weighted by Crippen LogP contribution is 2.04. The van der Waals surface area contributed by atoms with Gasteiger partial charge in [-0.05, 0) is 25.7 Å². The Balaban J connectivity index is 3.72. The standard InChI is InChI=1S/C12H24N2O/c1-3-5-7-11(13)9-15-10-12(14)8-6-4-2/h9-10H,3-8,13-14H2,1-2H3. The molecule has 0 saturated carbocycles. The number of allylic oxidation sites excluding steroid dienone is 2. The number of hydrogen-bond donors (Lipinski definition) is 2. The van der Waals surface area contributed by atoms with Gasteiger partial charge in [0.05, 0.1) is 0 Å². The fourth-order valence-electron chi connectivity index (χ4n) is 1.09. The minimum atomic E-state index is 0.774. The van der Waals surface area contributed by atoms with E-state index in [0.29, 0.717) is 0 Å². The van der Waals surface area contributed by atoms with E-state index in [2.05, 4.69) is 13.8 Å². The molecule has 0 amide bonds. The van der Waals surface area contributed by atoms with Gasteiger partial charge in [-0.25, -0.2) is 0 Å². The van der Waals surface area contributed by atoms with Gasteiger partial charge in [0.2, 0.25) is 0 Å². The first-order valence-corrected chi connectivity index (χ1v) is 5.75. The molecule has 0 aliphatic carbocycles. The van der Waals surface area contributed by atoms with E-state index >= 15 is 0 Å². The van der Waals surface area contributed by atoms with E-state index in [9.17, 15) is 0 Å². The minimum Gasteiger partial charge on any atom is -0.469 e. The summed E-state index contributed by atoms with van der Waals surface area (Å²) in [6.07, 6.45) is 9.41. The molecule has 0 rings (SSSR count). The molecule has 0 fully saturated rings. The first kappa shape index (κ1) is 13.9. The lowest BCUT2D eigenvalue weighted by Gasteiger charge is -2.01. The number of hydrogen-bond acceptors (Lipinski definition) is 3.